The molecule has 2 heterocycles. The van der Waals surface area contributed by atoms with Crippen LogP contribution in [0.4, 0.5) is 0 Å². The molecule has 2 aromatic rings. The van der Waals surface area contributed by atoms with Crippen molar-refractivity contribution in [2.24, 2.45) is 5.92 Å². The third-order valence-corrected chi connectivity index (χ3v) is 7.18. The minimum Gasteiger partial charge on any atom is -0.496 e. The van der Waals surface area contributed by atoms with Gasteiger partial charge in [-0.15, -0.1) is 11.3 Å². The summed E-state index contributed by atoms with van der Waals surface area (Å²) >= 11 is 1.63. The number of aryl methyl sites for hydroxylation is 1. The first-order chi connectivity index (χ1) is 14.2. The van der Waals surface area contributed by atoms with Gasteiger partial charge in [-0.05, 0) is 56.2 Å². The number of hydrogen-bond acceptors (Lipinski definition) is 4. The first kappa shape index (κ1) is 20.0. The Balaban J connectivity index is 1.37. The molecule has 1 aliphatic carbocycles. The highest BCUT2D eigenvalue weighted by molar-refractivity contribution is 7.14. The normalized spacial score (nSPS) is 18.8. The van der Waals surface area contributed by atoms with Crippen molar-refractivity contribution in [3.8, 4) is 5.75 Å². The summed E-state index contributed by atoms with van der Waals surface area (Å²) in [5.41, 5.74) is 2.16. The number of nitrogens with one attached hydrogen (secondary N) is 1. The van der Waals surface area contributed by atoms with Gasteiger partial charge in [0.25, 0.3) is 5.91 Å². The Morgan fingerprint density at radius 3 is 2.79 bits per heavy atom. The molecular weight excluding hydrogens is 384 g/mol. The van der Waals surface area contributed by atoms with Crippen molar-refractivity contribution in [1.29, 1.82) is 0 Å². The molecule has 0 bridgehead atoms. The maximum atomic E-state index is 12.8. The molecule has 154 valence electrons. The maximum absolute atomic E-state index is 12.8. The zero-order valence-electron chi connectivity index (χ0n) is 16.9. The van der Waals surface area contributed by atoms with Crippen LogP contribution >= 0.6 is 11.3 Å². The van der Waals surface area contributed by atoms with Crippen LogP contribution in [0.2, 0.25) is 0 Å². The number of carbonyl (C=O) groups is 2. The second kappa shape index (κ2) is 8.99. The molecule has 1 aliphatic heterocycles. The summed E-state index contributed by atoms with van der Waals surface area (Å²) < 4.78 is 5.36. The number of piperidine rings is 1. The minimum atomic E-state index is -0.0373. The van der Waals surface area contributed by atoms with Gasteiger partial charge in [0.05, 0.1) is 12.0 Å². The van der Waals surface area contributed by atoms with E-state index in [4.69, 9.17) is 4.74 Å². The van der Waals surface area contributed by atoms with E-state index in [1.165, 1.54) is 16.9 Å². The Labute approximate surface area is 176 Å². The van der Waals surface area contributed by atoms with Crippen molar-refractivity contribution in [1.82, 2.24) is 10.2 Å². The molecule has 4 rings (SSSR count). The Kier molecular flexibility index (Phi) is 6.19. The first-order valence-corrected chi connectivity index (χ1v) is 11.3. The predicted molar refractivity (Wildman–Crippen MR) is 114 cm³/mol. The highest BCUT2D eigenvalue weighted by Gasteiger charge is 2.28. The van der Waals surface area contributed by atoms with Crippen LogP contribution in [0.3, 0.4) is 0 Å². The summed E-state index contributed by atoms with van der Waals surface area (Å²) in [5, 5.41) is 3.06. The fourth-order valence-corrected chi connectivity index (χ4v) is 5.46. The van der Waals surface area contributed by atoms with E-state index in [9.17, 15) is 9.59 Å². The van der Waals surface area contributed by atoms with Crippen LogP contribution < -0.4 is 10.1 Å². The van der Waals surface area contributed by atoms with Crippen LogP contribution in [0.5, 0.6) is 5.75 Å². The topological polar surface area (TPSA) is 58.6 Å². The SMILES string of the molecule is COc1ccccc1CNC(=O)[C@@H]1CCc2sc(C(=O)N3CCCCC3)cc2C1. The molecular formula is C23H28N2O3S. The standard InChI is InChI=1S/C23H28N2O3S/c1-28-19-8-4-3-7-17(19)15-24-22(26)16-9-10-20-18(13-16)14-21(29-20)23(27)25-11-5-2-6-12-25/h3-4,7-8,14,16H,2,5-6,9-13,15H2,1H3,(H,24,26)/t16-/m1/s1. The molecule has 6 heteroatoms. The number of benzene rings is 1. The summed E-state index contributed by atoms with van der Waals surface area (Å²) in [6.45, 7) is 2.21. The van der Waals surface area contributed by atoms with Crippen molar-refractivity contribution in [2.75, 3.05) is 20.2 Å². The monoisotopic (exact) mass is 412 g/mol. The quantitative estimate of drug-likeness (QED) is 0.813. The molecule has 0 spiro atoms. The number of fused-ring (bicyclic) bond motifs is 1. The van der Waals surface area contributed by atoms with Gasteiger partial charge in [-0.2, -0.15) is 0 Å². The van der Waals surface area contributed by atoms with Crippen molar-refractivity contribution < 1.29 is 14.3 Å². The van der Waals surface area contributed by atoms with Gasteiger partial charge in [0.15, 0.2) is 0 Å². The summed E-state index contributed by atoms with van der Waals surface area (Å²) in [6.07, 6.45) is 5.85. The number of thiophene rings is 1. The van der Waals surface area contributed by atoms with Gasteiger partial charge in [-0.25, -0.2) is 0 Å². The van der Waals surface area contributed by atoms with Crippen molar-refractivity contribution >= 4 is 23.2 Å². The molecule has 1 N–H and O–H groups in total. The molecule has 1 aromatic carbocycles. The zero-order chi connectivity index (χ0) is 20.2. The molecule has 2 aliphatic rings. The molecule has 0 unspecified atom stereocenters. The number of nitrogens with zero attached hydrogens (tertiary/aromatic N) is 1. The zero-order valence-corrected chi connectivity index (χ0v) is 17.7. The lowest BCUT2D eigenvalue weighted by Gasteiger charge is -2.26. The molecule has 1 aromatic heterocycles. The van der Waals surface area contributed by atoms with Gasteiger partial charge in [-0.3, -0.25) is 9.59 Å². The van der Waals surface area contributed by atoms with Crippen LogP contribution in [0.15, 0.2) is 30.3 Å². The lowest BCUT2D eigenvalue weighted by atomic mass is 9.87. The average Bonchev–Trinajstić information content (AvgIpc) is 3.21. The lowest BCUT2D eigenvalue weighted by molar-refractivity contribution is -0.125. The van der Waals surface area contributed by atoms with E-state index in [0.29, 0.717) is 6.54 Å². The number of rotatable bonds is 5. The molecule has 0 radical (unpaired) electrons. The minimum absolute atomic E-state index is 0.0373. The van der Waals surface area contributed by atoms with E-state index in [-0.39, 0.29) is 17.7 Å². The van der Waals surface area contributed by atoms with E-state index in [2.05, 4.69) is 5.32 Å². The van der Waals surface area contributed by atoms with Crippen molar-refractivity contribution in [3.05, 3.63) is 51.2 Å². The van der Waals surface area contributed by atoms with Gasteiger partial charge in [-0.1, -0.05) is 18.2 Å². The third kappa shape index (κ3) is 4.47. The second-order valence-corrected chi connectivity index (χ2v) is 9.02. The summed E-state index contributed by atoms with van der Waals surface area (Å²) in [6, 6.07) is 9.78. The largest absolute Gasteiger partial charge is 0.496 e. The number of para-hydroxylation sites is 1. The number of hydrogen-bond donors (Lipinski definition) is 1. The molecule has 5 nitrogen and oxygen atoms in total. The third-order valence-electron chi connectivity index (χ3n) is 5.95. The fraction of sp³-hybridized carbons (Fsp3) is 0.478. The summed E-state index contributed by atoms with van der Waals surface area (Å²) in [4.78, 5) is 29.6. The molecule has 1 atom stereocenters. The Morgan fingerprint density at radius 1 is 1.21 bits per heavy atom. The van der Waals surface area contributed by atoms with E-state index in [1.54, 1.807) is 18.4 Å². The Morgan fingerprint density at radius 2 is 2.00 bits per heavy atom. The number of likely N-dealkylation sites (tertiary alicyclic amines) is 1. The molecule has 2 amide bonds. The van der Waals surface area contributed by atoms with Gasteiger partial charge >= 0.3 is 0 Å². The number of ether oxygens (including phenoxy) is 1. The van der Waals surface area contributed by atoms with Crippen LogP contribution in [0.1, 0.15) is 51.4 Å². The highest BCUT2D eigenvalue weighted by Crippen LogP contribution is 2.33. The van der Waals surface area contributed by atoms with Crippen LogP contribution in [0.25, 0.3) is 0 Å². The summed E-state index contributed by atoms with van der Waals surface area (Å²) in [5.74, 6) is 1.00. The Hall–Kier alpha value is -2.34. The van der Waals surface area contributed by atoms with E-state index in [1.807, 2.05) is 35.2 Å². The summed E-state index contributed by atoms with van der Waals surface area (Å²) in [7, 11) is 1.64. The smallest absolute Gasteiger partial charge is 0.263 e. The Bertz CT molecular complexity index is 886. The predicted octanol–water partition coefficient (Wildman–Crippen LogP) is 3.80. The van der Waals surface area contributed by atoms with Crippen LogP contribution in [-0.2, 0) is 24.2 Å². The highest BCUT2D eigenvalue weighted by atomic mass is 32.1. The fourth-order valence-electron chi connectivity index (χ4n) is 4.28. The van der Waals surface area contributed by atoms with Crippen LogP contribution in [0, 0.1) is 5.92 Å². The maximum Gasteiger partial charge on any atom is 0.263 e. The van der Waals surface area contributed by atoms with Gasteiger partial charge < -0.3 is 15.0 Å². The number of methoxy groups -OCH3 is 1. The average molecular weight is 413 g/mol. The van der Waals surface area contributed by atoms with E-state index in [0.717, 1.165) is 61.4 Å². The molecule has 29 heavy (non-hydrogen) atoms. The lowest BCUT2D eigenvalue weighted by Crippen LogP contribution is -2.35. The second-order valence-electron chi connectivity index (χ2n) is 7.88. The molecule has 1 saturated heterocycles. The van der Waals surface area contributed by atoms with Crippen LogP contribution in [-0.4, -0.2) is 36.9 Å². The van der Waals surface area contributed by atoms with Gasteiger partial charge in [0.1, 0.15) is 5.75 Å². The number of carbonyl (C=O) groups excluding carboxylic acids is 2. The molecule has 1 fully saturated rings. The molecule has 0 saturated carbocycles. The van der Waals surface area contributed by atoms with Crippen molar-refractivity contribution in [3.63, 3.8) is 0 Å². The van der Waals surface area contributed by atoms with Gasteiger partial charge in [0, 0.05) is 36.0 Å². The van der Waals surface area contributed by atoms with Crippen molar-refractivity contribution in [2.45, 2.75) is 45.1 Å². The van der Waals surface area contributed by atoms with E-state index >= 15 is 0 Å². The number of amides is 2. The van der Waals surface area contributed by atoms with Gasteiger partial charge in [0.2, 0.25) is 5.91 Å². The first-order valence-electron chi connectivity index (χ1n) is 10.5. The van der Waals surface area contributed by atoms with E-state index < -0.39 is 0 Å².